The van der Waals surface area contributed by atoms with E-state index in [1.54, 1.807) is 0 Å². The number of carbonyl (C=O) groups excluding carboxylic acids is 1. The molecule has 3 heteroatoms. The van der Waals surface area contributed by atoms with Crippen LogP contribution < -0.4 is 0 Å². The predicted molar refractivity (Wildman–Crippen MR) is 49.1 cm³/mol. The minimum atomic E-state index is 0.111. The number of rotatable bonds is 2. The standard InChI is InChI=1S/C10H17NO2/c1-7-5-9(7)10(13)11-4-2-3-8(11)6-12/h7-9,12H,2-6H2,1H3/t7-,8+,9-/m1/s1. The van der Waals surface area contributed by atoms with E-state index in [4.69, 9.17) is 5.11 Å². The minimum Gasteiger partial charge on any atom is -0.394 e. The van der Waals surface area contributed by atoms with Gasteiger partial charge in [0.1, 0.15) is 0 Å². The van der Waals surface area contributed by atoms with Gasteiger partial charge in [-0.2, -0.15) is 0 Å². The second-order valence-electron chi connectivity index (χ2n) is 4.33. The molecule has 2 fully saturated rings. The first-order valence-electron chi connectivity index (χ1n) is 5.15. The highest BCUT2D eigenvalue weighted by Crippen LogP contribution is 2.40. The molecule has 1 aliphatic carbocycles. The summed E-state index contributed by atoms with van der Waals surface area (Å²) in [4.78, 5) is 13.7. The third kappa shape index (κ3) is 1.57. The van der Waals surface area contributed by atoms with E-state index >= 15 is 0 Å². The van der Waals surface area contributed by atoms with Crippen LogP contribution in [0.4, 0.5) is 0 Å². The van der Waals surface area contributed by atoms with Gasteiger partial charge in [0.25, 0.3) is 0 Å². The normalized spacial score (nSPS) is 38.0. The number of hydrogen-bond donors (Lipinski definition) is 1. The third-order valence-corrected chi connectivity index (χ3v) is 3.30. The molecule has 0 aromatic rings. The fraction of sp³-hybridized carbons (Fsp3) is 0.900. The number of aliphatic hydroxyl groups is 1. The quantitative estimate of drug-likeness (QED) is 0.682. The van der Waals surface area contributed by atoms with Crippen LogP contribution in [0, 0.1) is 11.8 Å². The van der Waals surface area contributed by atoms with Crippen molar-refractivity contribution in [1.29, 1.82) is 0 Å². The van der Waals surface area contributed by atoms with Crippen LogP contribution in [0.5, 0.6) is 0 Å². The molecule has 1 aliphatic heterocycles. The molecule has 3 atom stereocenters. The Labute approximate surface area is 78.7 Å². The van der Waals surface area contributed by atoms with Crippen LogP contribution in [0.25, 0.3) is 0 Å². The van der Waals surface area contributed by atoms with Gasteiger partial charge in [-0.1, -0.05) is 6.92 Å². The monoisotopic (exact) mass is 183 g/mol. The van der Waals surface area contributed by atoms with E-state index in [0.29, 0.717) is 5.92 Å². The maximum Gasteiger partial charge on any atom is 0.226 e. The second-order valence-corrected chi connectivity index (χ2v) is 4.33. The lowest BCUT2D eigenvalue weighted by Crippen LogP contribution is -2.38. The molecule has 1 saturated heterocycles. The molecule has 3 nitrogen and oxygen atoms in total. The molecule has 1 amide bonds. The summed E-state index contributed by atoms with van der Waals surface area (Å²) in [5, 5.41) is 9.06. The molecule has 0 radical (unpaired) electrons. The number of nitrogens with zero attached hydrogens (tertiary/aromatic N) is 1. The van der Waals surface area contributed by atoms with Gasteiger partial charge in [-0.25, -0.2) is 0 Å². The van der Waals surface area contributed by atoms with Gasteiger partial charge >= 0.3 is 0 Å². The van der Waals surface area contributed by atoms with Crippen molar-refractivity contribution >= 4 is 5.91 Å². The van der Waals surface area contributed by atoms with Crippen molar-refractivity contribution in [3.8, 4) is 0 Å². The summed E-state index contributed by atoms with van der Waals surface area (Å²) in [6.07, 6.45) is 3.08. The first-order chi connectivity index (χ1) is 6.24. The van der Waals surface area contributed by atoms with Crippen LogP contribution in [0.15, 0.2) is 0 Å². The fourth-order valence-corrected chi connectivity index (χ4v) is 2.19. The molecular formula is C10H17NO2. The molecule has 1 heterocycles. The summed E-state index contributed by atoms with van der Waals surface area (Å²) in [7, 11) is 0. The van der Waals surface area contributed by atoms with Crippen LogP contribution in [0.1, 0.15) is 26.2 Å². The van der Waals surface area contributed by atoms with E-state index < -0.39 is 0 Å². The summed E-state index contributed by atoms with van der Waals surface area (Å²) >= 11 is 0. The van der Waals surface area contributed by atoms with Gasteiger partial charge in [-0.15, -0.1) is 0 Å². The van der Waals surface area contributed by atoms with Gasteiger partial charge in [0.15, 0.2) is 0 Å². The van der Waals surface area contributed by atoms with Crippen LogP contribution in [-0.2, 0) is 4.79 Å². The zero-order valence-electron chi connectivity index (χ0n) is 8.07. The lowest BCUT2D eigenvalue weighted by molar-refractivity contribution is -0.134. The Morgan fingerprint density at radius 3 is 2.85 bits per heavy atom. The van der Waals surface area contributed by atoms with Gasteiger partial charge in [0.2, 0.25) is 5.91 Å². The first-order valence-corrected chi connectivity index (χ1v) is 5.15. The highest BCUT2D eigenvalue weighted by Gasteiger charge is 2.43. The van der Waals surface area contributed by atoms with Crippen LogP contribution >= 0.6 is 0 Å². The molecule has 0 unspecified atom stereocenters. The lowest BCUT2D eigenvalue weighted by atomic mass is 10.2. The van der Waals surface area contributed by atoms with Crippen molar-refractivity contribution in [2.75, 3.05) is 13.2 Å². The SMILES string of the molecule is C[C@@H]1C[C@H]1C(=O)N1CCC[C@H]1CO. The largest absolute Gasteiger partial charge is 0.394 e. The summed E-state index contributed by atoms with van der Waals surface area (Å²) in [6.45, 7) is 3.10. The smallest absolute Gasteiger partial charge is 0.226 e. The van der Waals surface area contributed by atoms with Crippen molar-refractivity contribution in [2.45, 2.75) is 32.2 Å². The second kappa shape index (κ2) is 3.29. The Bertz CT molecular complexity index is 217. The molecule has 0 aromatic heterocycles. The van der Waals surface area contributed by atoms with Gasteiger partial charge < -0.3 is 10.0 Å². The maximum atomic E-state index is 11.8. The molecule has 1 saturated carbocycles. The molecule has 2 rings (SSSR count). The third-order valence-electron chi connectivity index (χ3n) is 3.30. The number of hydrogen-bond acceptors (Lipinski definition) is 2. The Balaban J connectivity index is 1.95. The molecular weight excluding hydrogens is 166 g/mol. The van der Waals surface area contributed by atoms with E-state index in [1.807, 2.05) is 4.90 Å². The topological polar surface area (TPSA) is 40.5 Å². The number of amides is 1. The Morgan fingerprint density at radius 2 is 2.31 bits per heavy atom. The molecule has 13 heavy (non-hydrogen) atoms. The number of likely N-dealkylation sites (tertiary alicyclic amines) is 1. The van der Waals surface area contributed by atoms with Crippen molar-refractivity contribution in [3.63, 3.8) is 0 Å². The zero-order valence-corrected chi connectivity index (χ0v) is 8.07. The van der Waals surface area contributed by atoms with Crippen molar-refractivity contribution in [1.82, 2.24) is 4.90 Å². The minimum absolute atomic E-state index is 0.111. The molecule has 0 bridgehead atoms. The van der Waals surface area contributed by atoms with E-state index in [0.717, 1.165) is 25.8 Å². The summed E-state index contributed by atoms with van der Waals surface area (Å²) in [5.41, 5.74) is 0. The highest BCUT2D eigenvalue weighted by atomic mass is 16.3. The first kappa shape index (κ1) is 9.00. The van der Waals surface area contributed by atoms with Crippen molar-refractivity contribution in [2.24, 2.45) is 11.8 Å². The van der Waals surface area contributed by atoms with Crippen LogP contribution in [0.2, 0.25) is 0 Å². The predicted octanol–water partition coefficient (Wildman–Crippen LogP) is 0.626. The average molecular weight is 183 g/mol. The fourth-order valence-electron chi connectivity index (χ4n) is 2.19. The van der Waals surface area contributed by atoms with E-state index in [9.17, 15) is 4.79 Å². The Kier molecular flexibility index (Phi) is 2.28. The summed E-state index contributed by atoms with van der Waals surface area (Å²) in [6, 6.07) is 0.111. The van der Waals surface area contributed by atoms with Crippen LogP contribution in [-0.4, -0.2) is 35.1 Å². The molecule has 0 aromatic carbocycles. The molecule has 2 aliphatic rings. The van der Waals surface area contributed by atoms with Gasteiger partial charge in [-0.3, -0.25) is 4.79 Å². The maximum absolute atomic E-state index is 11.8. The Morgan fingerprint density at radius 1 is 1.62 bits per heavy atom. The zero-order chi connectivity index (χ0) is 9.42. The lowest BCUT2D eigenvalue weighted by Gasteiger charge is -2.23. The van der Waals surface area contributed by atoms with Gasteiger partial charge in [0, 0.05) is 12.5 Å². The highest BCUT2D eigenvalue weighted by molar-refractivity contribution is 5.82. The average Bonchev–Trinajstić information content (AvgIpc) is 2.70. The molecule has 74 valence electrons. The van der Waals surface area contributed by atoms with Gasteiger partial charge in [0.05, 0.1) is 12.6 Å². The summed E-state index contributed by atoms with van der Waals surface area (Å²) < 4.78 is 0. The van der Waals surface area contributed by atoms with E-state index in [-0.39, 0.29) is 24.5 Å². The van der Waals surface area contributed by atoms with E-state index in [1.165, 1.54) is 0 Å². The van der Waals surface area contributed by atoms with Crippen LogP contribution in [0.3, 0.4) is 0 Å². The molecule has 1 N–H and O–H groups in total. The number of carbonyl (C=O) groups is 1. The van der Waals surface area contributed by atoms with E-state index in [2.05, 4.69) is 6.92 Å². The van der Waals surface area contributed by atoms with Crippen molar-refractivity contribution in [3.05, 3.63) is 0 Å². The van der Waals surface area contributed by atoms with Gasteiger partial charge in [-0.05, 0) is 25.2 Å². The van der Waals surface area contributed by atoms with Crippen molar-refractivity contribution < 1.29 is 9.90 Å². The molecule has 0 spiro atoms. The Hall–Kier alpha value is -0.570. The number of aliphatic hydroxyl groups excluding tert-OH is 1. The summed E-state index contributed by atoms with van der Waals surface area (Å²) in [5.74, 6) is 1.13.